The Morgan fingerprint density at radius 3 is 2.71 bits per heavy atom. The predicted octanol–water partition coefficient (Wildman–Crippen LogP) is 0.656. The Kier molecular flexibility index (Phi) is 5.69. The standard InChI is InChI=1S/C14H24N4O2S/c1-12-9-16-6-3-14(12)11-17-21(19,20)18-7-4-13(5-8-18)10-15-2/h3,6,9,13,15,17H,4-5,7-8,10-11H2,1-2H3. The van der Waals surface area contributed by atoms with Crippen molar-refractivity contribution < 1.29 is 8.42 Å². The fraction of sp³-hybridized carbons (Fsp3) is 0.643. The Balaban J connectivity index is 1.89. The summed E-state index contributed by atoms with van der Waals surface area (Å²) in [5, 5.41) is 3.15. The van der Waals surface area contributed by atoms with E-state index in [1.165, 1.54) is 0 Å². The van der Waals surface area contributed by atoms with Crippen molar-refractivity contribution in [2.45, 2.75) is 26.3 Å². The van der Waals surface area contributed by atoms with Crippen LogP contribution in [0.4, 0.5) is 0 Å². The number of hydrogen-bond donors (Lipinski definition) is 2. The molecule has 1 saturated heterocycles. The largest absolute Gasteiger partial charge is 0.319 e. The normalized spacial score (nSPS) is 18.0. The average Bonchev–Trinajstić information content (AvgIpc) is 2.47. The lowest BCUT2D eigenvalue weighted by Crippen LogP contribution is -2.45. The van der Waals surface area contributed by atoms with Crippen LogP contribution < -0.4 is 10.0 Å². The smallest absolute Gasteiger partial charge is 0.279 e. The third-order valence-electron chi connectivity index (χ3n) is 3.99. The number of rotatable bonds is 6. The van der Waals surface area contributed by atoms with E-state index in [9.17, 15) is 8.42 Å². The minimum absolute atomic E-state index is 0.313. The molecule has 1 aromatic heterocycles. The highest BCUT2D eigenvalue weighted by molar-refractivity contribution is 7.87. The second-order valence-corrected chi connectivity index (χ2v) is 7.28. The van der Waals surface area contributed by atoms with Crippen LogP contribution >= 0.6 is 0 Å². The van der Waals surface area contributed by atoms with Gasteiger partial charge in [0, 0.05) is 32.0 Å². The zero-order valence-electron chi connectivity index (χ0n) is 12.7. The zero-order chi connectivity index (χ0) is 15.3. The molecule has 0 unspecified atom stereocenters. The number of aromatic nitrogens is 1. The van der Waals surface area contributed by atoms with Crippen molar-refractivity contribution in [1.82, 2.24) is 19.3 Å². The molecule has 7 heteroatoms. The van der Waals surface area contributed by atoms with Gasteiger partial charge in [-0.25, -0.2) is 0 Å². The lowest BCUT2D eigenvalue weighted by molar-refractivity contribution is 0.268. The maximum atomic E-state index is 12.3. The van der Waals surface area contributed by atoms with Crippen LogP contribution in [0, 0.1) is 12.8 Å². The highest BCUT2D eigenvalue weighted by Crippen LogP contribution is 2.18. The molecule has 1 aliphatic rings. The van der Waals surface area contributed by atoms with Crippen LogP contribution in [0.15, 0.2) is 18.5 Å². The quantitative estimate of drug-likeness (QED) is 0.809. The Labute approximate surface area is 127 Å². The maximum absolute atomic E-state index is 12.3. The average molecular weight is 312 g/mol. The number of nitrogens with zero attached hydrogens (tertiary/aromatic N) is 2. The second kappa shape index (κ2) is 7.31. The van der Waals surface area contributed by atoms with Crippen molar-refractivity contribution in [3.63, 3.8) is 0 Å². The van der Waals surface area contributed by atoms with E-state index in [-0.39, 0.29) is 0 Å². The van der Waals surface area contributed by atoms with Crippen molar-refractivity contribution in [1.29, 1.82) is 0 Å². The Morgan fingerprint density at radius 1 is 1.38 bits per heavy atom. The summed E-state index contributed by atoms with van der Waals surface area (Å²) >= 11 is 0. The Morgan fingerprint density at radius 2 is 2.10 bits per heavy atom. The van der Waals surface area contributed by atoms with Crippen molar-refractivity contribution in [3.05, 3.63) is 29.6 Å². The van der Waals surface area contributed by atoms with Crippen molar-refractivity contribution >= 4 is 10.2 Å². The van der Waals surface area contributed by atoms with Gasteiger partial charge in [0.05, 0.1) is 0 Å². The van der Waals surface area contributed by atoms with Crippen LogP contribution in [0.5, 0.6) is 0 Å². The van der Waals surface area contributed by atoms with Crippen molar-refractivity contribution in [2.24, 2.45) is 5.92 Å². The van der Waals surface area contributed by atoms with Crippen LogP contribution in [0.1, 0.15) is 24.0 Å². The van der Waals surface area contributed by atoms with Gasteiger partial charge in [-0.15, -0.1) is 0 Å². The molecular formula is C14H24N4O2S. The number of hydrogen-bond acceptors (Lipinski definition) is 4. The number of pyridine rings is 1. The van der Waals surface area contributed by atoms with Crippen LogP contribution in [0.25, 0.3) is 0 Å². The molecule has 0 saturated carbocycles. The van der Waals surface area contributed by atoms with Crippen LogP contribution in [-0.2, 0) is 16.8 Å². The van der Waals surface area contributed by atoms with Gasteiger partial charge in [0.2, 0.25) is 0 Å². The summed E-state index contributed by atoms with van der Waals surface area (Å²) in [6, 6.07) is 1.84. The monoisotopic (exact) mass is 312 g/mol. The lowest BCUT2D eigenvalue weighted by atomic mass is 9.98. The van der Waals surface area contributed by atoms with Gasteiger partial charge in [0.25, 0.3) is 10.2 Å². The molecule has 1 aliphatic heterocycles. The first-order chi connectivity index (χ1) is 10.0. The molecule has 0 aliphatic carbocycles. The highest BCUT2D eigenvalue weighted by atomic mass is 32.2. The SMILES string of the molecule is CNCC1CCN(S(=O)(=O)NCc2ccncc2C)CC1. The van der Waals surface area contributed by atoms with Gasteiger partial charge in [-0.1, -0.05) is 0 Å². The molecule has 0 bridgehead atoms. The maximum Gasteiger partial charge on any atom is 0.279 e. The number of piperidine rings is 1. The summed E-state index contributed by atoms with van der Waals surface area (Å²) in [7, 11) is -1.46. The summed E-state index contributed by atoms with van der Waals surface area (Å²) < 4.78 is 28.9. The first-order valence-corrected chi connectivity index (χ1v) is 8.76. The second-order valence-electron chi connectivity index (χ2n) is 5.53. The minimum atomic E-state index is -3.39. The van der Waals surface area contributed by atoms with E-state index in [1.807, 2.05) is 20.0 Å². The van der Waals surface area contributed by atoms with E-state index >= 15 is 0 Å². The lowest BCUT2D eigenvalue weighted by Gasteiger charge is -2.31. The fourth-order valence-corrected chi connectivity index (χ4v) is 3.82. The minimum Gasteiger partial charge on any atom is -0.319 e. The molecule has 1 fully saturated rings. The van der Waals surface area contributed by atoms with Gasteiger partial charge in [-0.2, -0.15) is 17.4 Å². The molecule has 0 amide bonds. The zero-order valence-corrected chi connectivity index (χ0v) is 13.5. The fourth-order valence-electron chi connectivity index (χ4n) is 2.60. The van der Waals surface area contributed by atoms with Crippen LogP contribution in [0.3, 0.4) is 0 Å². The van der Waals surface area contributed by atoms with Crippen LogP contribution in [0.2, 0.25) is 0 Å². The summed E-state index contributed by atoms with van der Waals surface area (Å²) in [4.78, 5) is 4.01. The van der Waals surface area contributed by atoms with Crippen molar-refractivity contribution in [3.8, 4) is 0 Å². The molecule has 0 radical (unpaired) electrons. The van der Waals surface area contributed by atoms with Gasteiger partial charge < -0.3 is 5.32 Å². The number of nitrogens with one attached hydrogen (secondary N) is 2. The molecule has 21 heavy (non-hydrogen) atoms. The first kappa shape index (κ1) is 16.4. The molecule has 6 nitrogen and oxygen atoms in total. The summed E-state index contributed by atoms with van der Waals surface area (Å²) in [5.41, 5.74) is 1.95. The molecule has 0 aromatic carbocycles. The van der Waals surface area contributed by atoms with Gasteiger partial charge in [-0.3, -0.25) is 4.98 Å². The molecule has 0 spiro atoms. The molecule has 2 rings (SSSR count). The molecular weight excluding hydrogens is 288 g/mol. The topological polar surface area (TPSA) is 74.3 Å². The molecule has 2 heterocycles. The Hall–Kier alpha value is -1.02. The van der Waals surface area contributed by atoms with Gasteiger partial charge >= 0.3 is 0 Å². The first-order valence-electron chi connectivity index (χ1n) is 7.31. The molecule has 0 atom stereocenters. The third kappa shape index (κ3) is 4.47. The molecule has 118 valence electrons. The van der Waals surface area contributed by atoms with Crippen molar-refractivity contribution in [2.75, 3.05) is 26.7 Å². The van der Waals surface area contributed by atoms with E-state index in [0.29, 0.717) is 25.6 Å². The van der Waals surface area contributed by atoms with E-state index in [2.05, 4.69) is 15.0 Å². The van der Waals surface area contributed by atoms with E-state index < -0.39 is 10.2 Å². The third-order valence-corrected chi connectivity index (χ3v) is 5.54. The van der Waals surface area contributed by atoms with E-state index in [0.717, 1.165) is 30.5 Å². The molecule has 1 aromatic rings. The predicted molar refractivity (Wildman–Crippen MR) is 83.0 cm³/mol. The Bertz CT molecular complexity index is 554. The number of aryl methyl sites for hydroxylation is 1. The van der Waals surface area contributed by atoms with Gasteiger partial charge in [0.15, 0.2) is 0 Å². The van der Waals surface area contributed by atoms with Gasteiger partial charge in [-0.05, 0) is 56.5 Å². The molecule has 2 N–H and O–H groups in total. The highest BCUT2D eigenvalue weighted by Gasteiger charge is 2.27. The van der Waals surface area contributed by atoms with E-state index in [4.69, 9.17) is 0 Å². The summed E-state index contributed by atoms with van der Waals surface area (Å²) in [5.74, 6) is 0.573. The van der Waals surface area contributed by atoms with Gasteiger partial charge in [0.1, 0.15) is 0 Å². The summed E-state index contributed by atoms with van der Waals surface area (Å²) in [6.45, 7) is 4.39. The van der Waals surface area contributed by atoms with E-state index in [1.54, 1.807) is 16.7 Å². The van der Waals surface area contributed by atoms with Crippen LogP contribution in [-0.4, -0.2) is 44.4 Å². The summed E-state index contributed by atoms with van der Waals surface area (Å²) in [6.07, 6.45) is 5.25.